The van der Waals surface area contributed by atoms with E-state index in [-0.39, 0.29) is 18.4 Å². The fourth-order valence-electron chi connectivity index (χ4n) is 2.57. The Hall–Kier alpha value is -1.88. The summed E-state index contributed by atoms with van der Waals surface area (Å²) in [5, 5.41) is 9.59. The zero-order valence-electron chi connectivity index (χ0n) is 12.4. The molecule has 0 saturated carbocycles. The average molecular weight is 291 g/mol. The molecule has 1 amide bonds. The van der Waals surface area contributed by atoms with Crippen molar-refractivity contribution in [2.24, 2.45) is 0 Å². The van der Waals surface area contributed by atoms with E-state index in [1.54, 1.807) is 36.1 Å². The molecule has 0 aromatic heterocycles. The maximum Gasteiger partial charge on any atom is 0.314 e. The molecule has 2 rings (SSSR count). The predicted octanol–water partition coefficient (Wildman–Crippen LogP) is 1.67. The fraction of sp³-hybridized carbons (Fsp3) is 0.500. The minimum atomic E-state index is -1.21. The minimum Gasteiger partial charge on any atom is -0.481 e. The van der Waals surface area contributed by atoms with E-state index in [1.807, 2.05) is 13.0 Å². The van der Waals surface area contributed by atoms with Gasteiger partial charge in [0.2, 0.25) is 5.91 Å². The maximum atomic E-state index is 12.4. The summed E-state index contributed by atoms with van der Waals surface area (Å²) in [6.45, 7) is 5.05. The monoisotopic (exact) mass is 291 g/mol. The molecule has 5 heteroatoms. The summed E-state index contributed by atoms with van der Waals surface area (Å²) in [5.41, 5.74) is -0.563. The van der Waals surface area contributed by atoms with Gasteiger partial charge < -0.3 is 14.7 Å². The van der Waals surface area contributed by atoms with Crippen molar-refractivity contribution >= 4 is 11.9 Å². The number of carbonyl (C=O) groups excluding carboxylic acids is 1. The third-order valence-corrected chi connectivity index (χ3v) is 3.98. The number of hydrogen-bond acceptors (Lipinski definition) is 3. The highest BCUT2D eigenvalue weighted by molar-refractivity contribution is 5.89. The summed E-state index contributed by atoms with van der Waals surface area (Å²) < 4.78 is 5.41. The zero-order valence-corrected chi connectivity index (χ0v) is 12.4. The molecule has 1 aliphatic rings. The van der Waals surface area contributed by atoms with Gasteiger partial charge in [-0.05, 0) is 19.4 Å². The average Bonchev–Trinajstić information content (AvgIpc) is 2.47. The Kier molecular flexibility index (Phi) is 4.63. The van der Waals surface area contributed by atoms with Crippen molar-refractivity contribution in [3.05, 3.63) is 35.9 Å². The highest BCUT2D eigenvalue weighted by Crippen LogP contribution is 2.29. The van der Waals surface area contributed by atoms with E-state index in [4.69, 9.17) is 4.74 Å². The van der Waals surface area contributed by atoms with Crippen molar-refractivity contribution in [1.29, 1.82) is 0 Å². The van der Waals surface area contributed by atoms with E-state index < -0.39 is 11.4 Å². The maximum absolute atomic E-state index is 12.4. The van der Waals surface area contributed by atoms with Crippen molar-refractivity contribution in [2.75, 3.05) is 19.7 Å². The first-order valence-electron chi connectivity index (χ1n) is 7.12. The van der Waals surface area contributed by atoms with Crippen LogP contribution in [0.5, 0.6) is 0 Å². The summed E-state index contributed by atoms with van der Waals surface area (Å²) in [5.74, 6) is -1.12. The van der Waals surface area contributed by atoms with Crippen LogP contribution >= 0.6 is 0 Å². The van der Waals surface area contributed by atoms with Crippen LogP contribution in [-0.4, -0.2) is 47.7 Å². The first-order valence-corrected chi connectivity index (χ1v) is 7.12. The van der Waals surface area contributed by atoms with E-state index >= 15 is 0 Å². The van der Waals surface area contributed by atoms with Gasteiger partial charge in [0.1, 0.15) is 0 Å². The Morgan fingerprint density at radius 1 is 1.38 bits per heavy atom. The molecule has 1 aromatic rings. The predicted molar refractivity (Wildman–Crippen MR) is 78.0 cm³/mol. The molecule has 0 aliphatic carbocycles. The standard InChI is InChI=1S/C16H21NO4/c1-12-11-17(8-9-21-12)14(18)10-16(2,15(19)20)13-6-4-3-5-7-13/h3-7,12H,8-11H2,1-2H3,(H,19,20). The smallest absolute Gasteiger partial charge is 0.314 e. The van der Waals surface area contributed by atoms with Crippen LogP contribution in [0.1, 0.15) is 25.8 Å². The van der Waals surface area contributed by atoms with Crippen LogP contribution in [0.3, 0.4) is 0 Å². The van der Waals surface area contributed by atoms with Gasteiger partial charge >= 0.3 is 5.97 Å². The number of nitrogens with zero attached hydrogens (tertiary/aromatic N) is 1. The molecule has 2 unspecified atom stereocenters. The minimum absolute atomic E-state index is 0.00416. The number of carbonyl (C=O) groups is 2. The lowest BCUT2D eigenvalue weighted by Gasteiger charge is -2.34. The summed E-state index contributed by atoms with van der Waals surface area (Å²) in [6.07, 6.45) is -0.0468. The second-order valence-electron chi connectivity index (χ2n) is 5.70. The van der Waals surface area contributed by atoms with Crippen molar-refractivity contribution in [3.63, 3.8) is 0 Å². The summed E-state index contributed by atoms with van der Waals surface area (Å²) in [7, 11) is 0. The van der Waals surface area contributed by atoms with Gasteiger partial charge in [0, 0.05) is 19.5 Å². The third kappa shape index (κ3) is 3.42. The molecule has 1 heterocycles. The molecule has 1 fully saturated rings. The summed E-state index contributed by atoms with van der Waals surface area (Å²) >= 11 is 0. The van der Waals surface area contributed by atoms with Crippen LogP contribution in [0.4, 0.5) is 0 Å². The molecule has 21 heavy (non-hydrogen) atoms. The Morgan fingerprint density at radius 2 is 2.05 bits per heavy atom. The molecular weight excluding hydrogens is 270 g/mol. The van der Waals surface area contributed by atoms with E-state index in [0.29, 0.717) is 25.3 Å². The number of benzene rings is 1. The topological polar surface area (TPSA) is 66.8 Å². The quantitative estimate of drug-likeness (QED) is 0.916. The lowest BCUT2D eigenvalue weighted by atomic mass is 9.79. The van der Waals surface area contributed by atoms with E-state index in [9.17, 15) is 14.7 Å². The van der Waals surface area contributed by atoms with Gasteiger partial charge in [0.25, 0.3) is 0 Å². The third-order valence-electron chi connectivity index (χ3n) is 3.98. The Balaban J connectivity index is 2.17. The SMILES string of the molecule is CC1CN(C(=O)CC(C)(C(=O)O)c2ccccc2)CCO1. The first kappa shape index (κ1) is 15.5. The van der Waals surface area contributed by atoms with Crippen molar-refractivity contribution in [2.45, 2.75) is 31.8 Å². The summed E-state index contributed by atoms with van der Waals surface area (Å²) in [4.78, 5) is 25.8. The molecule has 5 nitrogen and oxygen atoms in total. The van der Waals surface area contributed by atoms with Gasteiger partial charge in [0.05, 0.1) is 18.1 Å². The van der Waals surface area contributed by atoms with Crippen LogP contribution in [0.15, 0.2) is 30.3 Å². The summed E-state index contributed by atoms with van der Waals surface area (Å²) in [6, 6.07) is 8.92. The second-order valence-corrected chi connectivity index (χ2v) is 5.70. The molecule has 0 spiro atoms. The zero-order chi connectivity index (χ0) is 15.5. The molecular formula is C16H21NO4. The van der Waals surface area contributed by atoms with Crippen LogP contribution in [0, 0.1) is 0 Å². The molecule has 0 radical (unpaired) electrons. The number of carboxylic acids is 1. The number of rotatable bonds is 4. The van der Waals surface area contributed by atoms with Gasteiger partial charge in [-0.3, -0.25) is 9.59 Å². The number of hydrogen-bond donors (Lipinski definition) is 1. The van der Waals surface area contributed by atoms with Crippen LogP contribution < -0.4 is 0 Å². The van der Waals surface area contributed by atoms with E-state index in [0.717, 1.165) is 0 Å². The van der Waals surface area contributed by atoms with Crippen LogP contribution in [0.25, 0.3) is 0 Å². The highest BCUT2D eigenvalue weighted by Gasteiger charge is 2.39. The normalized spacial score (nSPS) is 21.6. The molecule has 114 valence electrons. The lowest BCUT2D eigenvalue weighted by Crippen LogP contribution is -2.47. The van der Waals surface area contributed by atoms with Crippen molar-refractivity contribution < 1.29 is 19.4 Å². The van der Waals surface area contributed by atoms with Crippen molar-refractivity contribution in [1.82, 2.24) is 4.90 Å². The van der Waals surface area contributed by atoms with Gasteiger partial charge in [-0.15, -0.1) is 0 Å². The molecule has 0 bridgehead atoms. The molecule has 1 aromatic carbocycles. The number of aliphatic carboxylic acids is 1. The highest BCUT2D eigenvalue weighted by atomic mass is 16.5. The second kappa shape index (κ2) is 6.26. The van der Waals surface area contributed by atoms with Gasteiger partial charge in [-0.25, -0.2) is 0 Å². The van der Waals surface area contributed by atoms with Crippen molar-refractivity contribution in [3.8, 4) is 0 Å². The Morgan fingerprint density at radius 3 is 2.62 bits per heavy atom. The first-order chi connectivity index (χ1) is 9.93. The van der Waals surface area contributed by atoms with Gasteiger partial charge in [-0.1, -0.05) is 30.3 Å². The largest absolute Gasteiger partial charge is 0.481 e. The Labute approximate surface area is 124 Å². The van der Waals surface area contributed by atoms with Gasteiger partial charge in [0.15, 0.2) is 0 Å². The van der Waals surface area contributed by atoms with E-state index in [1.165, 1.54) is 0 Å². The number of carboxylic acid groups (broad SMARTS) is 1. The molecule has 1 N–H and O–H groups in total. The number of ether oxygens (including phenoxy) is 1. The van der Waals surface area contributed by atoms with Crippen LogP contribution in [-0.2, 0) is 19.7 Å². The van der Waals surface area contributed by atoms with Gasteiger partial charge in [-0.2, -0.15) is 0 Å². The lowest BCUT2D eigenvalue weighted by molar-refractivity contribution is -0.149. The fourth-order valence-corrected chi connectivity index (χ4v) is 2.57. The number of morpholine rings is 1. The van der Waals surface area contributed by atoms with Crippen LogP contribution in [0.2, 0.25) is 0 Å². The molecule has 1 aliphatic heterocycles. The Bertz CT molecular complexity index is 516. The molecule has 2 atom stereocenters. The molecule has 1 saturated heterocycles. The van der Waals surface area contributed by atoms with E-state index in [2.05, 4.69) is 0 Å². The number of amides is 1.